The zero-order valence-electron chi connectivity index (χ0n) is 17.9. The van der Waals surface area contributed by atoms with E-state index in [-0.39, 0.29) is 6.23 Å². The van der Waals surface area contributed by atoms with Crippen molar-refractivity contribution in [3.05, 3.63) is 0 Å². The number of likely N-dealkylation sites (tertiary alicyclic amines) is 1. The number of hydroxylamine groups is 1. The Hall–Kier alpha value is -0.320. The lowest BCUT2D eigenvalue weighted by Gasteiger charge is -2.37. The molecule has 8 heteroatoms. The van der Waals surface area contributed by atoms with Crippen LogP contribution in [-0.4, -0.2) is 88.5 Å². The Labute approximate surface area is 175 Å². The highest BCUT2D eigenvalue weighted by Gasteiger charge is 2.44. The summed E-state index contributed by atoms with van der Waals surface area (Å²) >= 11 is 0. The molecular formula is C21H42N6O2+2. The Morgan fingerprint density at radius 1 is 1.03 bits per heavy atom. The molecule has 5 heterocycles. The number of piperidine rings is 2. The molecule has 0 saturated carbocycles. The van der Waals surface area contributed by atoms with Crippen LogP contribution in [0, 0.1) is 11.8 Å². The van der Waals surface area contributed by atoms with Crippen molar-refractivity contribution in [2.75, 3.05) is 59.0 Å². The quantitative estimate of drug-likeness (QED) is 0.343. The van der Waals surface area contributed by atoms with Gasteiger partial charge >= 0.3 is 0 Å². The summed E-state index contributed by atoms with van der Waals surface area (Å²) < 4.78 is 5.51. The van der Waals surface area contributed by atoms with Crippen molar-refractivity contribution in [2.45, 2.75) is 63.1 Å². The molecule has 29 heavy (non-hydrogen) atoms. The van der Waals surface area contributed by atoms with E-state index >= 15 is 0 Å². The van der Waals surface area contributed by atoms with Gasteiger partial charge < -0.3 is 20.3 Å². The largest absolute Gasteiger partial charge is 0.379 e. The number of hydrogen-bond donors (Lipinski definition) is 5. The van der Waals surface area contributed by atoms with Gasteiger partial charge in [-0.2, -0.15) is 5.48 Å². The van der Waals surface area contributed by atoms with Gasteiger partial charge in [0.05, 0.1) is 39.0 Å². The summed E-state index contributed by atoms with van der Waals surface area (Å²) in [6.07, 6.45) is 9.00. The topological polar surface area (TPSA) is 78.8 Å². The monoisotopic (exact) mass is 410 g/mol. The summed E-state index contributed by atoms with van der Waals surface area (Å²) in [6.45, 7) is 10.2. The Kier molecular flexibility index (Phi) is 7.00. The van der Waals surface area contributed by atoms with Gasteiger partial charge in [-0.25, -0.2) is 4.90 Å². The van der Waals surface area contributed by atoms with Crippen LogP contribution in [0.5, 0.6) is 0 Å². The first-order valence-electron chi connectivity index (χ1n) is 12.2. The first-order chi connectivity index (χ1) is 14.4. The number of nitrogens with two attached hydrogens (primary N) is 1. The summed E-state index contributed by atoms with van der Waals surface area (Å²) in [4.78, 5) is 10.5. The van der Waals surface area contributed by atoms with E-state index in [1.54, 1.807) is 4.90 Å². The van der Waals surface area contributed by atoms with Crippen molar-refractivity contribution >= 4 is 0 Å². The zero-order chi connectivity index (χ0) is 19.5. The predicted molar refractivity (Wildman–Crippen MR) is 110 cm³/mol. The molecule has 6 unspecified atom stereocenters. The Morgan fingerprint density at radius 2 is 1.90 bits per heavy atom. The fourth-order valence-corrected chi connectivity index (χ4v) is 6.33. The maximum atomic E-state index is 6.13. The van der Waals surface area contributed by atoms with Crippen molar-refractivity contribution < 1.29 is 19.8 Å². The van der Waals surface area contributed by atoms with Gasteiger partial charge in [0.1, 0.15) is 12.2 Å². The van der Waals surface area contributed by atoms with E-state index in [1.807, 2.05) is 0 Å². The Balaban J connectivity index is 1.09. The molecule has 6 atom stereocenters. The summed E-state index contributed by atoms with van der Waals surface area (Å²) in [5.74, 6) is 1.54. The van der Waals surface area contributed by atoms with E-state index in [0.29, 0.717) is 24.3 Å². The fraction of sp³-hybridized carbons (Fsp3) is 1.00. The second-order valence-corrected chi connectivity index (χ2v) is 9.88. The van der Waals surface area contributed by atoms with E-state index in [0.717, 1.165) is 32.2 Å². The molecule has 0 bridgehead atoms. The number of rotatable bonds is 5. The molecule has 6 N–H and O–H groups in total. The molecule has 5 rings (SSSR count). The molecule has 0 aromatic carbocycles. The van der Waals surface area contributed by atoms with Crippen LogP contribution in [0.1, 0.15) is 38.5 Å². The standard InChI is InChI=1S/C21H40N6O2/c1-2-18(27(9-1)15-16-5-7-22-8-6-16)21-24-20(25-29-21)17-3-4-19(23-14-17)26-10-12-28-13-11-26/h16-25H,1-15H2/p+2. The molecule has 0 spiro atoms. The Morgan fingerprint density at radius 3 is 2.69 bits per heavy atom. The van der Waals surface area contributed by atoms with Crippen LogP contribution in [0.3, 0.4) is 0 Å². The average molecular weight is 411 g/mol. The van der Waals surface area contributed by atoms with Crippen LogP contribution in [0.2, 0.25) is 0 Å². The van der Waals surface area contributed by atoms with Gasteiger partial charge in [-0.15, -0.1) is 0 Å². The summed E-state index contributed by atoms with van der Waals surface area (Å²) in [5.41, 5.74) is 3.38. The van der Waals surface area contributed by atoms with Crippen molar-refractivity contribution in [1.82, 2.24) is 21.0 Å². The highest BCUT2D eigenvalue weighted by Crippen LogP contribution is 2.20. The zero-order valence-corrected chi connectivity index (χ0v) is 17.9. The van der Waals surface area contributed by atoms with Crippen LogP contribution >= 0.6 is 0 Å². The number of hydrogen-bond acceptors (Lipinski definition) is 6. The fourth-order valence-electron chi connectivity index (χ4n) is 6.33. The molecule has 0 radical (unpaired) electrons. The number of quaternary nitrogens is 2. The molecule has 5 saturated heterocycles. The minimum Gasteiger partial charge on any atom is -0.379 e. The highest BCUT2D eigenvalue weighted by molar-refractivity contribution is 4.84. The molecule has 166 valence electrons. The molecular weight excluding hydrogens is 368 g/mol. The van der Waals surface area contributed by atoms with Crippen molar-refractivity contribution in [2.24, 2.45) is 11.8 Å². The molecule has 0 aromatic heterocycles. The highest BCUT2D eigenvalue weighted by atomic mass is 16.7. The van der Waals surface area contributed by atoms with E-state index in [9.17, 15) is 0 Å². The minimum atomic E-state index is 0.177. The third kappa shape index (κ3) is 4.96. The number of nitrogens with one attached hydrogen (secondary N) is 4. The SMILES string of the molecule is C1CC(C2NC(C3CCC(N4CCOCC4)[NH2+]C3)NO2)[NH+](CC2CCNCC2)C1. The molecule has 0 aliphatic carbocycles. The lowest BCUT2D eigenvalue weighted by molar-refractivity contribution is -0.919. The van der Waals surface area contributed by atoms with Crippen LogP contribution in [-0.2, 0) is 9.57 Å². The molecule has 0 amide bonds. The molecule has 0 aromatic rings. The van der Waals surface area contributed by atoms with Crippen LogP contribution < -0.4 is 26.3 Å². The van der Waals surface area contributed by atoms with Gasteiger partial charge in [0.2, 0.25) is 0 Å². The first-order valence-corrected chi connectivity index (χ1v) is 12.2. The number of ether oxygens (including phenoxy) is 1. The third-order valence-electron chi connectivity index (χ3n) is 8.11. The molecule has 5 fully saturated rings. The van der Waals surface area contributed by atoms with E-state index in [4.69, 9.17) is 9.57 Å². The van der Waals surface area contributed by atoms with Gasteiger partial charge in [-0.3, -0.25) is 10.2 Å². The van der Waals surface area contributed by atoms with Crippen molar-refractivity contribution in [3.8, 4) is 0 Å². The maximum Gasteiger partial charge on any atom is 0.183 e. The predicted octanol–water partition coefficient (Wildman–Crippen LogP) is -2.56. The van der Waals surface area contributed by atoms with Crippen LogP contribution in [0.15, 0.2) is 0 Å². The third-order valence-corrected chi connectivity index (χ3v) is 8.11. The number of nitrogens with zero attached hydrogens (tertiary/aromatic N) is 1. The number of morpholine rings is 1. The summed E-state index contributed by atoms with van der Waals surface area (Å²) in [5, 5.41) is 9.90. The van der Waals surface area contributed by atoms with E-state index in [2.05, 4.69) is 26.3 Å². The normalized spacial score (nSPS) is 43.0. The molecule has 5 aliphatic rings. The van der Waals surface area contributed by atoms with Gasteiger partial charge in [-0.1, -0.05) is 0 Å². The van der Waals surface area contributed by atoms with Gasteiger partial charge in [0, 0.05) is 44.2 Å². The van der Waals surface area contributed by atoms with Crippen molar-refractivity contribution in [1.29, 1.82) is 0 Å². The van der Waals surface area contributed by atoms with Gasteiger partial charge in [0.15, 0.2) is 6.23 Å². The van der Waals surface area contributed by atoms with E-state index in [1.165, 1.54) is 71.2 Å². The van der Waals surface area contributed by atoms with Gasteiger partial charge in [0.25, 0.3) is 0 Å². The summed E-state index contributed by atoms with van der Waals surface area (Å²) in [6, 6.07) is 0.607. The minimum absolute atomic E-state index is 0.177. The van der Waals surface area contributed by atoms with E-state index < -0.39 is 0 Å². The second kappa shape index (κ2) is 9.87. The first kappa shape index (κ1) is 20.6. The molecule has 5 aliphatic heterocycles. The maximum absolute atomic E-state index is 6.13. The van der Waals surface area contributed by atoms with Crippen LogP contribution in [0.4, 0.5) is 0 Å². The Bertz CT molecular complexity index is 505. The van der Waals surface area contributed by atoms with Crippen LogP contribution in [0.25, 0.3) is 0 Å². The molecule has 8 nitrogen and oxygen atoms in total. The van der Waals surface area contributed by atoms with Crippen molar-refractivity contribution in [3.63, 3.8) is 0 Å². The average Bonchev–Trinajstić information content (AvgIpc) is 3.45. The van der Waals surface area contributed by atoms with Gasteiger partial charge in [-0.05, 0) is 32.4 Å². The lowest BCUT2D eigenvalue weighted by Crippen LogP contribution is -3.16. The summed E-state index contributed by atoms with van der Waals surface area (Å²) in [7, 11) is 0. The smallest absolute Gasteiger partial charge is 0.183 e. The second-order valence-electron chi connectivity index (χ2n) is 9.88. The lowest BCUT2D eigenvalue weighted by atomic mass is 9.94.